The Bertz CT molecular complexity index is 825. The van der Waals surface area contributed by atoms with Gasteiger partial charge >= 0.3 is 13.3 Å². The summed E-state index contributed by atoms with van der Waals surface area (Å²) in [6.45, 7) is 3.86. The predicted octanol–water partition coefficient (Wildman–Crippen LogP) is 6.69. The second kappa shape index (κ2) is 20.6. The molecule has 1 aromatic rings. The Balaban J connectivity index is 1.33. The fourth-order valence-electron chi connectivity index (χ4n) is 4.55. The molecule has 1 aromatic heterocycles. The van der Waals surface area contributed by atoms with Crippen LogP contribution in [0.2, 0.25) is 0 Å². The summed E-state index contributed by atoms with van der Waals surface area (Å²) < 4.78 is 36.1. The van der Waals surface area contributed by atoms with E-state index in [0.717, 1.165) is 6.42 Å². The molecule has 1 fully saturated rings. The van der Waals surface area contributed by atoms with E-state index in [1.807, 2.05) is 0 Å². The molecule has 0 radical (unpaired) electrons. The van der Waals surface area contributed by atoms with Gasteiger partial charge in [0.2, 0.25) is 0 Å². The first-order chi connectivity index (χ1) is 18.5. The Kier molecular flexibility index (Phi) is 17.9. The number of unbranched alkanes of at least 4 members (excludes halogenated alkanes) is 15. The van der Waals surface area contributed by atoms with Crippen LogP contribution in [0.4, 0.5) is 5.82 Å². The number of ether oxygens (including phenoxy) is 2. The van der Waals surface area contributed by atoms with E-state index in [2.05, 4.69) is 11.9 Å². The molecule has 0 amide bonds. The van der Waals surface area contributed by atoms with E-state index in [1.165, 1.54) is 101 Å². The molecule has 1 aliphatic rings. The zero-order valence-electron chi connectivity index (χ0n) is 23.7. The van der Waals surface area contributed by atoms with Crippen molar-refractivity contribution < 1.29 is 23.1 Å². The van der Waals surface area contributed by atoms with Crippen LogP contribution in [0.1, 0.15) is 110 Å². The van der Waals surface area contributed by atoms with Crippen LogP contribution in [0.5, 0.6) is 0 Å². The molecule has 10 heteroatoms. The summed E-state index contributed by atoms with van der Waals surface area (Å²) in [6, 6.07) is 1.54. The standard InChI is InChI=1S/C28H52N3O6P/c1-2-3-4-5-6-7-8-9-10-11-12-13-14-15-16-17-20-34-21-22-36-38(33)25-35-26(24-37-38)23-31-19-18-27(29)30-28(31)32/h18-19,26H,2-17,20-25H2,1H3,(H2,29,30,32). The number of nitrogen functional groups attached to an aromatic ring is 1. The van der Waals surface area contributed by atoms with Crippen molar-refractivity contribution in [2.75, 3.05) is 38.5 Å². The Hall–Kier alpha value is -1.25. The molecule has 2 unspecified atom stereocenters. The second-order valence-corrected chi connectivity index (χ2v) is 12.4. The molecule has 0 bridgehead atoms. The third kappa shape index (κ3) is 15.4. The van der Waals surface area contributed by atoms with Gasteiger partial charge < -0.3 is 24.3 Å². The molecule has 0 saturated carbocycles. The van der Waals surface area contributed by atoms with Gasteiger partial charge in [-0.25, -0.2) is 4.79 Å². The normalized spacial score (nSPS) is 19.7. The summed E-state index contributed by atoms with van der Waals surface area (Å²) in [7, 11) is -3.29. The monoisotopic (exact) mass is 557 g/mol. The lowest BCUT2D eigenvalue weighted by Crippen LogP contribution is -2.35. The van der Waals surface area contributed by atoms with Gasteiger partial charge in [-0.2, -0.15) is 4.98 Å². The van der Waals surface area contributed by atoms with E-state index < -0.39 is 19.4 Å². The summed E-state index contributed by atoms with van der Waals surface area (Å²) in [5.74, 6) is 0.169. The van der Waals surface area contributed by atoms with E-state index in [0.29, 0.717) is 13.2 Å². The molecule has 0 aliphatic carbocycles. The zero-order valence-corrected chi connectivity index (χ0v) is 24.6. The topological polar surface area (TPSA) is 115 Å². The Morgan fingerprint density at radius 2 is 1.50 bits per heavy atom. The third-order valence-corrected chi connectivity index (χ3v) is 8.46. The maximum absolute atomic E-state index is 12.6. The lowest BCUT2D eigenvalue weighted by Gasteiger charge is -2.29. The number of nitrogens with zero attached hydrogens (tertiary/aromatic N) is 2. The SMILES string of the molecule is CCCCCCCCCCCCCCCCCCOCCOP1(=O)COC(Cn2ccc(N)nc2=O)CO1. The summed E-state index contributed by atoms with van der Waals surface area (Å²) in [5.41, 5.74) is 5.04. The quantitative estimate of drug-likeness (QED) is 0.117. The van der Waals surface area contributed by atoms with E-state index >= 15 is 0 Å². The molecule has 0 spiro atoms. The predicted molar refractivity (Wildman–Crippen MR) is 153 cm³/mol. The zero-order chi connectivity index (χ0) is 27.3. The molecule has 38 heavy (non-hydrogen) atoms. The maximum atomic E-state index is 12.6. The molecule has 2 N–H and O–H groups in total. The van der Waals surface area contributed by atoms with Gasteiger partial charge in [0.05, 0.1) is 26.4 Å². The minimum Gasteiger partial charge on any atom is -0.383 e. The Morgan fingerprint density at radius 3 is 2.03 bits per heavy atom. The number of anilines is 1. The van der Waals surface area contributed by atoms with E-state index in [-0.39, 0.29) is 31.9 Å². The van der Waals surface area contributed by atoms with Crippen LogP contribution in [-0.2, 0) is 29.6 Å². The van der Waals surface area contributed by atoms with Crippen LogP contribution in [0, 0.1) is 0 Å². The molecular weight excluding hydrogens is 505 g/mol. The van der Waals surface area contributed by atoms with Crippen molar-refractivity contribution in [3.8, 4) is 0 Å². The molecule has 0 aromatic carbocycles. The summed E-state index contributed by atoms with van der Waals surface area (Å²) in [6.07, 6.45) is 22.6. The van der Waals surface area contributed by atoms with Crippen molar-refractivity contribution in [2.45, 2.75) is 122 Å². The van der Waals surface area contributed by atoms with Crippen molar-refractivity contribution in [3.63, 3.8) is 0 Å². The van der Waals surface area contributed by atoms with Crippen LogP contribution >= 0.6 is 7.60 Å². The van der Waals surface area contributed by atoms with E-state index in [1.54, 1.807) is 12.3 Å². The van der Waals surface area contributed by atoms with Crippen molar-refractivity contribution in [2.24, 2.45) is 0 Å². The molecule has 2 atom stereocenters. The second-order valence-electron chi connectivity index (χ2n) is 10.4. The number of rotatable bonds is 23. The number of aromatic nitrogens is 2. The van der Waals surface area contributed by atoms with Crippen LogP contribution in [-0.4, -0.2) is 48.4 Å². The number of hydrogen-bond acceptors (Lipinski definition) is 8. The molecule has 9 nitrogen and oxygen atoms in total. The van der Waals surface area contributed by atoms with Gasteiger partial charge in [-0.3, -0.25) is 9.13 Å². The molecular formula is C28H52N3O6P. The van der Waals surface area contributed by atoms with Gasteiger partial charge in [-0.1, -0.05) is 103 Å². The van der Waals surface area contributed by atoms with Crippen molar-refractivity contribution in [3.05, 3.63) is 22.7 Å². The van der Waals surface area contributed by atoms with Crippen LogP contribution in [0.15, 0.2) is 17.1 Å². The van der Waals surface area contributed by atoms with Crippen LogP contribution < -0.4 is 11.4 Å². The highest BCUT2D eigenvalue weighted by Crippen LogP contribution is 2.50. The minimum absolute atomic E-state index is 0.0775. The maximum Gasteiger partial charge on any atom is 0.356 e. The first kappa shape index (κ1) is 33.0. The summed E-state index contributed by atoms with van der Waals surface area (Å²) >= 11 is 0. The van der Waals surface area contributed by atoms with Gasteiger partial charge in [0.1, 0.15) is 18.3 Å². The molecule has 1 aliphatic heterocycles. The van der Waals surface area contributed by atoms with Gasteiger partial charge in [0.15, 0.2) is 0 Å². The van der Waals surface area contributed by atoms with Crippen molar-refractivity contribution >= 4 is 13.4 Å². The van der Waals surface area contributed by atoms with Gasteiger partial charge in [0, 0.05) is 12.8 Å². The highest BCUT2D eigenvalue weighted by Gasteiger charge is 2.33. The fraction of sp³-hybridized carbons (Fsp3) is 0.857. The van der Waals surface area contributed by atoms with Gasteiger partial charge in [0.25, 0.3) is 0 Å². The Labute approximate surface area is 229 Å². The largest absolute Gasteiger partial charge is 0.383 e. The highest BCUT2D eigenvalue weighted by atomic mass is 31.2. The smallest absolute Gasteiger partial charge is 0.356 e. The van der Waals surface area contributed by atoms with Crippen LogP contribution in [0.3, 0.4) is 0 Å². The number of hydrogen-bond donors (Lipinski definition) is 1. The minimum atomic E-state index is -3.29. The fourth-order valence-corrected chi connectivity index (χ4v) is 5.91. The molecule has 220 valence electrons. The average molecular weight is 558 g/mol. The number of nitrogens with two attached hydrogens (primary N) is 1. The van der Waals surface area contributed by atoms with Crippen LogP contribution in [0.25, 0.3) is 0 Å². The third-order valence-electron chi connectivity index (χ3n) is 6.88. The first-order valence-electron chi connectivity index (χ1n) is 14.9. The summed E-state index contributed by atoms with van der Waals surface area (Å²) in [5, 5.41) is 0. The molecule has 2 rings (SSSR count). The van der Waals surface area contributed by atoms with Gasteiger partial charge in [-0.05, 0) is 12.5 Å². The Morgan fingerprint density at radius 1 is 0.921 bits per heavy atom. The first-order valence-corrected chi connectivity index (χ1v) is 16.7. The van der Waals surface area contributed by atoms with Crippen molar-refractivity contribution in [1.29, 1.82) is 0 Å². The van der Waals surface area contributed by atoms with Gasteiger partial charge in [-0.15, -0.1) is 0 Å². The molecule has 2 heterocycles. The lowest BCUT2D eigenvalue weighted by atomic mass is 10.0. The van der Waals surface area contributed by atoms with E-state index in [9.17, 15) is 9.36 Å². The molecule has 1 saturated heterocycles. The highest BCUT2D eigenvalue weighted by molar-refractivity contribution is 7.53. The van der Waals surface area contributed by atoms with Crippen molar-refractivity contribution in [1.82, 2.24) is 9.55 Å². The lowest BCUT2D eigenvalue weighted by molar-refractivity contribution is -0.0179. The average Bonchev–Trinajstić information content (AvgIpc) is 2.90. The van der Waals surface area contributed by atoms with E-state index in [4.69, 9.17) is 24.3 Å². The summed E-state index contributed by atoms with van der Waals surface area (Å²) in [4.78, 5) is 15.5.